The lowest BCUT2D eigenvalue weighted by atomic mass is 9.83. The smallest absolute Gasteiger partial charge is 0.323 e. The van der Waals surface area contributed by atoms with Gasteiger partial charge in [0.25, 0.3) is 0 Å². The van der Waals surface area contributed by atoms with E-state index in [-0.39, 0.29) is 18.5 Å². The number of aliphatic carboxylic acids is 1. The average molecular weight is 311 g/mol. The molecule has 6 heteroatoms. The molecule has 114 valence electrons. The molecule has 0 saturated heterocycles. The molecule has 1 fully saturated rings. The van der Waals surface area contributed by atoms with Gasteiger partial charge in [-0.3, -0.25) is 9.59 Å². The second kappa shape index (κ2) is 6.03. The SMILES string of the molecule is CC1(C(=O)N(CC(=O)O)c2ccc(Cl)cc2)CCCC1N. The molecule has 1 aromatic rings. The highest BCUT2D eigenvalue weighted by atomic mass is 35.5. The largest absolute Gasteiger partial charge is 0.480 e. The molecule has 0 spiro atoms. The number of anilines is 1. The number of rotatable bonds is 4. The van der Waals surface area contributed by atoms with Crippen LogP contribution >= 0.6 is 11.6 Å². The van der Waals surface area contributed by atoms with E-state index < -0.39 is 11.4 Å². The van der Waals surface area contributed by atoms with E-state index in [1.54, 1.807) is 24.3 Å². The van der Waals surface area contributed by atoms with Crippen LogP contribution in [0.1, 0.15) is 26.2 Å². The van der Waals surface area contributed by atoms with Crippen molar-refractivity contribution in [2.24, 2.45) is 11.1 Å². The Morgan fingerprint density at radius 2 is 2.05 bits per heavy atom. The number of carbonyl (C=O) groups excluding carboxylic acids is 1. The lowest BCUT2D eigenvalue weighted by molar-refractivity contribution is -0.138. The summed E-state index contributed by atoms with van der Waals surface area (Å²) in [5, 5.41) is 9.62. The van der Waals surface area contributed by atoms with Gasteiger partial charge in [-0.2, -0.15) is 0 Å². The Kier molecular flexibility index (Phi) is 4.54. The van der Waals surface area contributed by atoms with Crippen molar-refractivity contribution in [3.05, 3.63) is 29.3 Å². The van der Waals surface area contributed by atoms with Crippen LogP contribution < -0.4 is 10.6 Å². The van der Waals surface area contributed by atoms with Crippen LogP contribution in [0.25, 0.3) is 0 Å². The Hall–Kier alpha value is -1.59. The highest BCUT2D eigenvalue weighted by molar-refractivity contribution is 6.30. The molecule has 21 heavy (non-hydrogen) atoms. The predicted octanol–water partition coefficient (Wildman–Crippen LogP) is 2.28. The minimum Gasteiger partial charge on any atom is -0.480 e. The maximum Gasteiger partial charge on any atom is 0.323 e. The number of benzene rings is 1. The second-order valence-electron chi connectivity index (χ2n) is 5.68. The normalized spacial score (nSPS) is 24.8. The zero-order valence-corrected chi connectivity index (χ0v) is 12.6. The molecule has 1 aliphatic rings. The molecule has 0 aliphatic heterocycles. The lowest BCUT2D eigenvalue weighted by Gasteiger charge is -2.33. The van der Waals surface area contributed by atoms with E-state index in [9.17, 15) is 9.59 Å². The first-order chi connectivity index (χ1) is 9.84. The van der Waals surface area contributed by atoms with Gasteiger partial charge in [-0.05, 0) is 44.0 Å². The quantitative estimate of drug-likeness (QED) is 0.893. The van der Waals surface area contributed by atoms with Crippen LogP contribution in [-0.2, 0) is 9.59 Å². The van der Waals surface area contributed by atoms with Crippen molar-refractivity contribution in [3.63, 3.8) is 0 Å². The van der Waals surface area contributed by atoms with Gasteiger partial charge < -0.3 is 15.7 Å². The van der Waals surface area contributed by atoms with Crippen LogP contribution in [0.2, 0.25) is 5.02 Å². The van der Waals surface area contributed by atoms with Crippen LogP contribution in [0, 0.1) is 5.41 Å². The van der Waals surface area contributed by atoms with Crippen molar-refractivity contribution in [3.8, 4) is 0 Å². The van der Waals surface area contributed by atoms with E-state index in [1.807, 2.05) is 6.92 Å². The molecule has 2 atom stereocenters. The van der Waals surface area contributed by atoms with Crippen molar-refractivity contribution in [1.82, 2.24) is 0 Å². The molecule has 2 rings (SSSR count). The summed E-state index contributed by atoms with van der Waals surface area (Å²) in [5.74, 6) is -1.30. The van der Waals surface area contributed by atoms with E-state index in [2.05, 4.69) is 0 Å². The summed E-state index contributed by atoms with van der Waals surface area (Å²) in [5.41, 5.74) is 5.88. The van der Waals surface area contributed by atoms with Gasteiger partial charge in [-0.15, -0.1) is 0 Å². The number of carboxylic acids is 1. The van der Waals surface area contributed by atoms with Gasteiger partial charge in [-0.25, -0.2) is 0 Å². The third-order valence-corrected chi connectivity index (χ3v) is 4.45. The molecule has 1 saturated carbocycles. The summed E-state index contributed by atoms with van der Waals surface area (Å²) in [6.45, 7) is 1.43. The van der Waals surface area contributed by atoms with Gasteiger partial charge in [0, 0.05) is 16.8 Å². The summed E-state index contributed by atoms with van der Waals surface area (Å²) in [6, 6.07) is 6.32. The molecule has 5 nitrogen and oxygen atoms in total. The standard InChI is InChI=1S/C15H19ClN2O3/c1-15(8-2-3-12(15)17)14(21)18(9-13(19)20)11-6-4-10(16)5-7-11/h4-7,12H,2-3,8-9,17H2,1H3,(H,19,20). The zero-order chi connectivity index (χ0) is 15.6. The minimum atomic E-state index is -1.06. The van der Waals surface area contributed by atoms with Gasteiger partial charge in [0.05, 0.1) is 5.41 Å². The summed E-state index contributed by atoms with van der Waals surface area (Å²) in [4.78, 5) is 25.2. The third kappa shape index (κ3) is 3.19. The van der Waals surface area contributed by atoms with Crippen LogP contribution in [0.4, 0.5) is 5.69 Å². The summed E-state index contributed by atoms with van der Waals surface area (Å²) in [6.07, 6.45) is 2.34. The number of hydrogen-bond acceptors (Lipinski definition) is 3. The molecule has 0 aromatic heterocycles. The molecule has 2 unspecified atom stereocenters. The first-order valence-corrected chi connectivity index (χ1v) is 7.27. The summed E-state index contributed by atoms with van der Waals surface area (Å²) in [7, 11) is 0. The Balaban J connectivity index is 2.33. The number of nitrogens with two attached hydrogens (primary N) is 1. The minimum absolute atomic E-state index is 0.239. The summed E-state index contributed by atoms with van der Waals surface area (Å²) >= 11 is 5.84. The van der Waals surface area contributed by atoms with Gasteiger partial charge in [0.15, 0.2) is 0 Å². The molecular weight excluding hydrogens is 292 g/mol. The fraction of sp³-hybridized carbons (Fsp3) is 0.467. The molecule has 1 aliphatic carbocycles. The maximum atomic E-state index is 12.8. The number of carboxylic acid groups (broad SMARTS) is 1. The molecule has 0 heterocycles. The monoisotopic (exact) mass is 310 g/mol. The van der Waals surface area contributed by atoms with E-state index >= 15 is 0 Å². The van der Waals surface area contributed by atoms with Gasteiger partial charge in [-0.1, -0.05) is 18.0 Å². The Bertz CT molecular complexity index is 546. The first kappa shape index (κ1) is 15.8. The predicted molar refractivity (Wildman–Crippen MR) is 81.4 cm³/mol. The first-order valence-electron chi connectivity index (χ1n) is 6.89. The fourth-order valence-corrected chi connectivity index (χ4v) is 2.93. The maximum absolute atomic E-state index is 12.8. The van der Waals surface area contributed by atoms with Crippen LogP contribution in [-0.4, -0.2) is 29.6 Å². The van der Waals surface area contributed by atoms with Crippen molar-refractivity contribution >= 4 is 29.2 Å². The second-order valence-corrected chi connectivity index (χ2v) is 6.11. The topological polar surface area (TPSA) is 83.6 Å². The van der Waals surface area contributed by atoms with E-state index in [1.165, 1.54) is 4.90 Å². The molecular formula is C15H19ClN2O3. The fourth-order valence-electron chi connectivity index (χ4n) is 2.80. The van der Waals surface area contributed by atoms with Crippen molar-refractivity contribution in [2.45, 2.75) is 32.2 Å². The lowest BCUT2D eigenvalue weighted by Crippen LogP contribution is -2.50. The van der Waals surface area contributed by atoms with Crippen LogP contribution in [0.3, 0.4) is 0 Å². The van der Waals surface area contributed by atoms with Crippen molar-refractivity contribution in [2.75, 3.05) is 11.4 Å². The Morgan fingerprint density at radius 1 is 1.43 bits per heavy atom. The number of halogens is 1. The summed E-state index contributed by atoms with van der Waals surface area (Å²) < 4.78 is 0. The highest BCUT2D eigenvalue weighted by Gasteiger charge is 2.45. The molecule has 1 amide bonds. The van der Waals surface area contributed by atoms with E-state index in [0.717, 1.165) is 12.8 Å². The van der Waals surface area contributed by atoms with Gasteiger partial charge in [0.2, 0.25) is 5.91 Å². The van der Waals surface area contributed by atoms with E-state index in [4.69, 9.17) is 22.4 Å². The third-order valence-electron chi connectivity index (χ3n) is 4.20. The van der Waals surface area contributed by atoms with E-state index in [0.29, 0.717) is 17.1 Å². The van der Waals surface area contributed by atoms with Crippen LogP contribution in [0.5, 0.6) is 0 Å². The van der Waals surface area contributed by atoms with Gasteiger partial charge in [0.1, 0.15) is 6.54 Å². The molecule has 3 N–H and O–H groups in total. The molecule has 1 aromatic carbocycles. The Morgan fingerprint density at radius 3 is 2.52 bits per heavy atom. The average Bonchev–Trinajstić information content (AvgIpc) is 2.77. The zero-order valence-electron chi connectivity index (χ0n) is 11.9. The Labute approximate surface area is 128 Å². The highest BCUT2D eigenvalue weighted by Crippen LogP contribution is 2.39. The van der Waals surface area contributed by atoms with Gasteiger partial charge >= 0.3 is 5.97 Å². The number of hydrogen-bond donors (Lipinski definition) is 2. The number of nitrogens with zero attached hydrogens (tertiary/aromatic N) is 1. The molecule has 0 bridgehead atoms. The van der Waals surface area contributed by atoms with Crippen LogP contribution in [0.15, 0.2) is 24.3 Å². The van der Waals surface area contributed by atoms with Crippen molar-refractivity contribution in [1.29, 1.82) is 0 Å². The molecule has 0 radical (unpaired) electrons. The number of amides is 1. The van der Waals surface area contributed by atoms with Crippen molar-refractivity contribution < 1.29 is 14.7 Å². The number of carbonyl (C=O) groups is 2.